The van der Waals surface area contributed by atoms with Crippen LogP contribution in [0.5, 0.6) is 0 Å². The zero-order chi connectivity index (χ0) is 19.3. The highest BCUT2D eigenvalue weighted by Gasteiger charge is 2.19. The number of carbonyl (C=O) groups is 1. The number of thiophene rings is 1. The molecule has 0 unspecified atom stereocenters. The van der Waals surface area contributed by atoms with Gasteiger partial charge in [-0.2, -0.15) is 0 Å². The summed E-state index contributed by atoms with van der Waals surface area (Å²) in [6, 6.07) is 8.74. The third kappa shape index (κ3) is 4.18. The Morgan fingerprint density at radius 1 is 1.29 bits per heavy atom. The molecule has 0 radical (unpaired) electrons. The van der Waals surface area contributed by atoms with E-state index in [0.29, 0.717) is 17.2 Å². The van der Waals surface area contributed by atoms with Gasteiger partial charge >= 0.3 is 0 Å². The molecule has 3 aromatic heterocycles. The van der Waals surface area contributed by atoms with Crippen LogP contribution in [0.25, 0.3) is 16.3 Å². The lowest BCUT2D eigenvalue weighted by Gasteiger charge is -2.18. The van der Waals surface area contributed by atoms with Crippen molar-refractivity contribution in [3.05, 3.63) is 71.2 Å². The lowest BCUT2D eigenvalue weighted by Crippen LogP contribution is -2.30. The van der Waals surface area contributed by atoms with Crippen molar-refractivity contribution in [1.82, 2.24) is 14.5 Å². The number of hydrogen-bond acceptors (Lipinski definition) is 5. The number of aryl methyl sites for hydroxylation is 1. The number of fused-ring (bicyclic) bond motifs is 1. The second-order valence-corrected chi connectivity index (χ2v) is 8.06. The standard InChI is InChI=1S/C20H17FN4OS2/c21-16-5-1-6-17-19(16)23-20(28-17)25(11-3-10-24-12-9-22-14-24)18(26)8-7-15-4-2-13-27-15/h1-2,4-9,12-14H,3,10-11H2/b8-7+. The second-order valence-electron chi connectivity index (χ2n) is 6.08. The summed E-state index contributed by atoms with van der Waals surface area (Å²) >= 11 is 2.89. The number of benzene rings is 1. The number of para-hydroxylation sites is 1. The van der Waals surface area contributed by atoms with Crippen molar-refractivity contribution in [3.63, 3.8) is 0 Å². The van der Waals surface area contributed by atoms with Gasteiger partial charge in [-0.15, -0.1) is 11.3 Å². The summed E-state index contributed by atoms with van der Waals surface area (Å²) in [4.78, 5) is 23.9. The fraction of sp³-hybridized carbons (Fsp3) is 0.150. The Morgan fingerprint density at radius 2 is 2.21 bits per heavy atom. The molecule has 0 atom stereocenters. The minimum absolute atomic E-state index is 0.168. The monoisotopic (exact) mass is 412 g/mol. The van der Waals surface area contributed by atoms with Gasteiger partial charge in [0, 0.05) is 36.4 Å². The SMILES string of the molecule is O=C(/C=C/c1cccs1)N(CCCn1ccnc1)c1nc2c(F)cccc2s1. The first kappa shape index (κ1) is 18.5. The average Bonchev–Trinajstić information content (AvgIpc) is 3.45. The van der Waals surface area contributed by atoms with Crippen LogP contribution >= 0.6 is 22.7 Å². The molecular formula is C20H17FN4OS2. The molecule has 0 saturated heterocycles. The van der Waals surface area contributed by atoms with Crippen molar-refractivity contribution in [2.24, 2.45) is 0 Å². The average molecular weight is 413 g/mol. The third-order valence-electron chi connectivity index (χ3n) is 4.15. The predicted molar refractivity (Wildman–Crippen MR) is 112 cm³/mol. The van der Waals surface area contributed by atoms with E-state index in [4.69, 9.17) is 0 Å². The molecule has 28 heavy (non-hydrogen) atoms. The molecule has 0 saturated carbocycles. The highest BCUT2D eigenvalue weighted by atomic mass is 32.1. The number of carbonyl (C=O) groups excluding carboxylic acids is 1. The minimum atomic E-state index is -0.375. The van der Waals surface area contributed by atoms with Crippen LogP contribution in [-0.4, -0.2) is 27.0 Å². The zero-order valence-electron chi connectivity index (χ0n) is 14.9. The summed E-state index contributed by atoms with van der Waals surface area (Å²) in [5.74, 6) is -0.543. The Balaban J connectivity index is 1.57. The molecule has 8 heteroatoms. The van der Waals surface area contributed by atoms with Crippen LogP contribution in [-0.2, 0) is 11.3 Å². The maximum atomic E-state index is 14.1. The van der Waals surface area contributed by atoms with Gasteiger partial charge in [-0.3, -0.25) is 9.69 Å². The van der Waals surface area contributed by atoms with Crippen LogP contribution in [0, 0.1) is 5.82 Å². The van der Waals surface area contributed by atoms with Gasteiger partial charge in [-0.05, 0) is 36.1 Å². The van der Waals surface area contributed by atoms with Gasteiger partial charge in [0.1, 0.15) is 11.3 Å². The van der Waals surface area contributed by atoms with E-state index in [9.17, 15) is 9.18 Å². The number of amides is 1. The maximum Gasteiger partial charge on any atom is 0.252 e. The van der Waals surface area contributed by atoms with E-state index in [2.05, 4.69) is 9.97 Å². The number of anilines is 1. The van der Waals surface area contributed by atoms with E-state index in [1.807, 2.05) is 34.3 Å². The van der Waals surface area contributed by atoms with Crippen LogP contribution in [0.1, 0.15) is 11.3 Å². The summed E-state index contributed by atoms with van der Waals surface area (Å²) in [7, 11) is 0. The predicted octanol–water partition coefficient (Wildman–Crippen LogP) is 4.83. The molecule has 0 aliphatic carbocycles. The van der Waals surface area contributed by atoms with Gasteiger partial charge in [0.15, 0.2) is 5.13 Å². The Morgan fingerprint density at radius 3 is 2.96 bits per heavy atom. The molecule has 0 spiro atoms. The van der Waals surface area contributed by atoms with Crippen LogP contribution < -0.4 is 4.90 Å². The molecule has 0 aliphatic rings. The Kier molecular flexibility index (Phi) is 5.59. The molecule has 5 nitrogen and oxygen atoms in total. The number of nitrogens with zero attached hydrogens (tertiary/aromatic N) is 4. The van der Waals surface area contributed by atoms with Gasteiger partial charge in [-0.25, -0.2) is 14.4 Å². The summed E-state index contributed by atoms with van der Waals surface area (Å²) < 4.78 is 16.7. The summed E-state index contributed by atoms with van der Waals surface area (Å²) in [5.41, 5.74) is 0.303. The number of rotatable bonds is 7. The minimum Gasteiger partial charge on any atom is -0.337 e. The number of thiazole rings is 1. The Hall–Kier alpha value is -2.84. The number of hydrogen-bond donors (Lipinski definition) is 0. The lowest BCUT2D eigenvalue weighted by molar-refractivity contribution is -0.114. The fourth-order valence-corrected chi connectivity index (χ4v) is 4.41. The largest absolute Gasteiger partial charge is 0.337 e. The van der Waals surface area contributed by atoms with E-state index in [1.54, 1.807) is 47.0 Å². The molecule has 0 aliphatic heterocycles. The van der Waals surface area contributed by atoms with E-state index >= 15 is 0 Å². The van der Waals surface area contributed by atoms with Gasteiger partial charge in [0.05, 0.1) is 11.0 Å². The number of aromatic nitrogens is 3. The van der Waals surface area contributed by atoms with Crippen LogP contribution in [0.2, 0.25) is 0 Å². The normalized spacial score (nSPS) is 11.5. The van der Waals surface area contributed by atoms with Gasteiger partial charge < -0.3 is 4.57 Å². The van der Waals surface area contributed by atoms with Crippen molar-refractivity contribution in [2.45, 2.75) is 13.0 Å². The lowest BCUT2D eigenvalue weighted by atomic mass is 10.3. The smallest absolute Gasteiger partial charge is 0.252 e. The molecule has 0 fully saturated rings. The third-order valence-corrected chi connectivity index (χ3v) is 6.03. The first-order chi connectivity index (χ1) is 13.7. The summed E-state index contributed by atoms with van der Waals surface area (Å²) in [6.45, 7) is 1.21. The second kappa shape index (κ2) is 8.45. The molecule has 142 valence electrons. The Labute approximate surface area is 169 Å². The first-order valence-electron chi connectivity index (χ1n) is 8.74. The zero-order valence-corrected chi connectivity index (χ0v) is 16.5. The highest BCUT2D eigenvalue weighted by molar-refractivity contribution is 7.22. The molecule has 0 bridgehead atoms. The van der Waals surface area contributed by atoms with Crippen molar-refractivity contribution >= 4 is 50.0 Å². The molecular weight excluding hydrogens is 395 g/mol. The quantitative estimate of drug-likeness (QED) is 0.409. The van der Waals surface area contributed by atoms with Crippen molar-refractivity contribution in [1.29, 1.82) is 0 Å². The van der Waals surface area contributed by atoms with Crippen LogP contribution in [0.15, 0.2) is 60.5 Å². The van der Waals surface area contributed by atoms with E-state index in [0.717, 1.165) is 22.5 Å². The van der Waals surface area contributed by atoms with Gasteiger partial charge in [0.25, 0.3) is 5.91 Å². The van der Waals surface area contributed by atoms with E-state index in [1.165, 1.54) is 17.4 Å². The van der Waals surface area contributed by atoms with Crippen LogP contribution in [0.4, 0.5) is 9.52 Å². The molecule has 4 rings (SSSR count). The van der Waals surface area contributed by atoms with E-state index < -0.39 is 0 Å². The number of halogens is 1. The summed E-state index contributed by atoms with van der Waals surface area (Å²) in [5, 5.41) is 2.47. The molecule has 3 heterocycles. The number of imidazole rings is 1. The maximum absolute atomic E-state index is 14.1. The molecule has 1 amide bonds. The van der Waals surface area contributed by atoms with Gasteiger partial charge in [-0.1, -0.05) is 23.5 Å². The Bertz CT molecular complexity index is 1090. The molecule has 1 aromatic carbocycles. The van der Waals surface area contributed by atoms with Gasteiger partial charge in [0.2, 0.25) is 0 Å². The fourth-order valence-electron chi connectivity index (χ4n) is 2.78. The first-order valence-corrected chi connectivity index (χ1v) is 10.4. The van der Waals surface area contributed by atoms with Crippen molar-refractivity contribution < 1.29 is 9.18 Å². The summed E-state index contributed by atoms with van der Waals surface area (Å²) in [6.07, 6.45) is 9.43. The van der Waals surface area contributed by atoms with Crippen molar-refractivity contribution in [2.75, 3.05) is 11.4 Å². The van der Waals surface area contributed by atoms with Crippen LogP contribution in [0.3, 0.4) is 0 Å². The molecule has 0 N–H and O–H groups in total. The van der Waals surface area contributed by atoms with Crippen molar-refractivity contribution in [3.8, 4) is 0 Å². The van der Waals surface area contributed by atoms with E-state index in [-0.39, 0.29) is 11.7 Å². The molecule has 4 aromatic rings. The topological polar surface area (TPSA) is 51.0 Å². The highest BCUT2D eigenvalue weighted by Crippen LogP contribution is 2.30.